The molecule has 3 aromatic rings. The normalized spacial score (nSPS) is 13.1. The van der Waals surface area contributed by atoms with Crippen LogP contribution in [0.2, 0.25) is 5.02 Å². The summed E-state index contributed by atoms with van der Waals surface area (Å²) in [5, 5.41) is 0.632. The van der Waals surface area contributed by atoms with Crippen molar-refractivity contribution in [2.45, 2.75) is 0 Å². The average Bonchev–Trinajstić information content (AvgIpc) is 2.61. The molecule has 0 aliphatic rings. The highest BCUT2D eigenvalue weighted by molar-refractivity contribution is 14.2. The van der Waals surface area contributed by atoms with Crippen LogP contribution in [0.5, 0.6) is 0 Å². The molecule has 2 aromatic heterocycles. The van der Waals surface area contributed by atoms with Crippen LogP contribution in [0.3, 0.4) is 0 Å². The minimum atomic E-state index is 0.399. The predicted octanol–water partition coefficient (Wildman–Crippen LogP) is 5.89. The Kier molecular flexibility index (Phi) is 6.39. The summed E-state index contributed by atoms with van der Waals surface area (Å²) in [6.45, 7) is 0. The van der Waals surface area contributed by atoms with Crippen LogP contribution in [-0.2, 0) is 0 Å². The highest BCUT2D eigenvalue weighted by Crippen LogP contribution is 2.27. The first kappa shape index (κ1) is 18.7. The van der Waals surface area contributed by atoms with E-state index < -0.39 is 0 Å². The van der Waals surface area contributed by atoms with Crippen molar-refractivity contribution in [3.63, 3.8) is 0 Å². The van der Waals surface area contributed by atoms with Crippen LogP contribution in [0.15, 0.2) is 57.9 Å². The minimum absolute atomic E-state index is 0.399. The first-order valence-electron chi connectivity index (χ1n) is 7.15. The van der Waals surface area contributed by atoms with Crippen LogP contribution in [0.1, 0.15) is 11.3 Å². The number of allylic oxidation sites excluding steroid dienone is 1. The maximum atomic E-state index is 6.42. The molecular formula is C17H12BrClIN4P. The lowest BCUT2D eigenvalue weighted by Crippen LogP contribution is -2.04. The first-order chi connectivity index (χ1) is 12.1. The third kappa shape index (κ3) is 4.56. The van der Waals surface area contributed by atoms with E-state index in [2.05, 4.69) is 47.7 Å². The van der Waals surface area contributed by atoms with Gasteiger partial charge in [0.05, 0.1) is 23.1 Å². The van der Waals surface area contributed by atoms with Gasteiger partial charge in [0.15, 0.2) is 0 Å². The Morgan fingerprint density at radius 3 is 2.84 bits per heavy atom. The number of hydrogen-bond acceptors (Lipinski definition) is 4. The fraction of sp³-hybridized carbons (Fsp3) is 0. The zero-order valence-electron chi connectivity index (χ0n) is 12.7. The standard InChI is InChI=1S/C17H12BrClIN4P/c18-11-7-16-15(22-8-11)5-4-14(24-16)13(9-23-25-20)17(21)10-2-1-3-12(19)6-10/h1-9,25H,21H2. The highest BCUT2D eigenvalue weighted by atomic mass is 127. The molecule has 8 heteroatoms. The molecule has 0 saturated heterocycles. The number of nitrogens with zero attached hydrogens (tertiary/aromatic N) is 3. The van der Waals surface area contributed by atoms with Crippen molar-refractivity contribution < 1.29 is 0 Å². The second-order valence-corrected chi connectivity index (χ2v) is 8.30. The van der Waals surface area contributed by atoms with Gasteiger partial charge in [0.1, 0.15) is 0 Å². The van der Waals surface area contributed by atoms with Crippen LogP contribution in [0, 0.1) is 0 Å². The lowest BCUT2D eigenvalue weighted by atomic mass is 10.0. The van der Waals surface area contributed by atoms with Gasteiger partial charge in [-0.25, -0.2) is 4.98 Å². The Labute approximate surface area is 173 Å². The van der Waals surface area contributed by atoms with Crippen LogP contribution >= 0.6 is 55.9 Å². The number of hydrogen-bond donors (Lipinski definition) is 1. The molecule has 25 heavy (non-hydrogen) atoms. The van der Waals surface area contributed by atoms with Gasteiger partial charge in [-0.3, -0.25) is 9.75 Å². The maximum absolute atomic E-state index is 6.42. The van der Waals surface area contributed by atoms with E-state index in [1.54, 1.807) is 12.4 Å². The quantitative estimate of drug-likeness (QED) is 0.253. The van der Waals surface area contributed by atoms with Crippen LogP contribution < -0.4 is 5.73 Å². The van der Waals surface area contributed by atoms with Gasteiger partial charge in [0.25, 0.3) is 0 Å². The van der Waals surface area contributed by atoms with E-state index in [0.29, 0.717) is 17.1 Å². The number of nitrogens with two attached hydrogens (primary N) is 1. The fourth-order valence-corrected chi connectivity index (χ4v) is 3.41. The predicted molar refractivity (Wildman–Crippen MR) is 121 cm³/mol. The molecule has 0 spiro atoms. The molecule has 3 rings (SSSR count). The van der Waals surface area contributed by atoms with Crippen molar-refractivity contribution >= 4 is 84.5 Å². The minimum Gasteiger partial charge on any atom is -0.398 e. The molecule has 0 bridgehead atoms. The summed E-state index contributed by atoms with van der Waals surface area (Å²) in [6, 6.07) is 13.2. The smallest absolute Gasteiger partial charge is 0.0905 e. The van der Waals surface area contributed by atoms with E-state index in [-0.39, 0.29) is 0 Å². The van der Waals surface area contributed by atoms with Crippen molar-refractivity contribution in [3.8, 4) is 0 Å². The van der Waals surface area contributed by atoms with Gasteiger partial charge in [-0.15, -0.1) is 0 Å². The molecule has 0 saturated carbocycles. The first-order valence-corrected chi connectivity index (χ1v) is 12.4. The van der Waals surface area contributed by atoms with Gasteiger partial charge in [-0.1, -0.05) is 23.7 Å². The van der Waals surface area contributed by atoms with Crippen LogP contribution in [0.25, 0.3) is 22.3 Å². The summed E-state index contributed by atoms with van der Waals surface area (Å²) < 4.78 is 5.24. The number of benzene rings is 1. The molecule has 0 aliphatic carbocycles. The molecule has 4 nitrogen and oxygen atoms in total. The van der Waals surface area contributed by atoms with Crippen molar-refractivity contribution in [1.29, 1.82) is 0 Å². The Bertz CT molecular complexity index is 993. The molecule has 0 amide bonds. The number of rotatable bonds is 4. The molecule has 0 aliphatic heterocycles. The second kappa shape index (κ2) is 8.54. The molecule has 1 aromatic carbocycles. The SMILES string of the molecule is NC(=C(C=NPI)c1ccc2ncc(Br)cc2n1)c1cccc(Cl)c1. The molecule has 1 unspecified atom stereocenters. The lowest BCUT2D eigenvalue weighted by Gasteiger charge is -2.09. The summed E-state index contributed by atoms with van der Waals surface area (Å²) in [7, 11) is 0. The molecule has 0 radical (unpaired) electrons. The number of aromatic nitrogens is 2. The summed E-state index contributed by atoms with van der Waals surface area (Å²) in [4.78, 5) is 9.05. The van der Waals surface area contributed by atoms with E-state index in [0.717, 1.165) is 32.3 Å². The van der Waals surface area contributed by atoms with Crippen LogP contribution in [-0.4, -0.2) is 16.2 Å². The van der Waals surface area contributed by atoms with E-state index in [9.17, 15) is 0 Å². The largest absolute Gasteiger partial charge is 0.398 e. The number of fused-ring (bicyclic) bond motifs is 1. The average molecular weight is 546 g/mol. The zero-order valence-corrected chi connectivity index (χ0v) is 18.2. The summed E-state index contributed by atoms with van der Waals surface area (Å²) in [5.74, 6) is 0. The Balaban J connectivity index is 2.18. The Hall–Kier alpha value is -1.08. The topological polar surface area (TPSA) is 64.2 Å². The molecule has 2 N–H and O–H groups in total. The van der Waals surface area contributed by atoms with E-state index in [4.69, 9.17) is 22.3 Å². The zero-order chi connectivity index (χ0) is 17.8. The van der Waals surface area contributed by atoms with Gasteiger partial charge in [0, 0.05) is 33.2 Å². The second-order valence-electron chi connectivity index (χ2n) is 5.07. The van der Waals surface area contributed by atoms with Crippen molar-refractivity contribution in [2.24, 2.45) is 10.5 Å². The van der Waals surface area contributed by atoms with Crippen molar-refractivity contribution in [1.82, 2.24) is 9.97 Å². The molecule has 0 fully saturated rings. The van der Waals surface area contributed by atoms with Gasteiger partial charge >= 0.3 is 0 Å². The highest BCUT2D eigenvalue weighted by Gasteiger charge is 2.10. The molecule has 1 atom stereocenters. The number of pyridine rings is 2. The monoisotopic (exact) mass is 544 g/mol. The van der Waals surface area contributed by atoms with Gasteiger partial charge < -0.3 is 5.73 Å². The molecule has 126 valence electrons. The summed E-state index contributed by atoms with van der Waals surface area (Å²) in [6.07, 6.45) is 3.91. The maximum Gasteiger partial charge on any atom is 0.0905 e. The van der Waals surface area contributed by atoms with Crippen LogP contribution in [0.4, 0.5) is 0 Å². The van der Waals surface area contributed by atoms with Gasteiger partial charge in [0.2, 0.25) is 0 Å². The van der Waals surface area contributed by atoms with Gasteiger partial charge in [-0.05, 0) is 73.9 Å². The summed E-state index contributed by atoms with van der Waals surface area (Å²) in [5.41, 5.74) is 10.9. The third-order valence-corrected chi connectivity index (χ3v) is 5.18. The third-order valence-electron chi connectivity index (χ3n) is 3.45. The Morgan fingerprint density at radius 1 is 1.24 bits per heavy atom. The number of halogens is 3. The van der Waals surface area contributed by atoms with Crippen molar-refractivity contribution in [2.75, 3.05) is 0 Å². The fourth-order valence-electron chi connectivity index (χ4n) is 2.31. The van der Waals surface area contributed by atoms with E-state index in [1.165, 1.54) is 0 Å². The molecule has 2 heterocycles. The lowest BCUT2D eigenvalue weighted by molar-refractivity contribution is 1.30. The van der Waals surface area contributed by atoms with Crippen molar-refractivity contribution in [3.05, 3.63) is 69.4 Å². The van der Waals surface area contributed by atoms with E-state index >= 15 is 0 Å². The Morgan fingerprint density at radius 2 is 2.08 bits per heavy atom. The van der Waals surface area contributed by atoms with E-state index in [1.807, 2.05) is 42.5 Å². The summed E-state index contributed by atoms with van der Waals surface area (Å²) >= 11 is 11.7. The molecular weight excluding hydrogens is 533 g/mol. The van der Waals surface area contributed by atoms with Gasteiger partial charge in [-0.2, -0.15) is 0 Å².